The zero-order chi connectivity index (χ0) is 16.9. The summed E-state index contributed by atoms with van der Waals surface area (Å²) in [6.07, 6.45) is 0. The first-order valence-corrected chi connectivity index (χ1v) is 7.81. The maximum Gasteiger partial charge on any atom is 0.227 e. The van der Waals surface area contributed by atoms with Gasteiger partial charge in [0.25, 0.3) is 0 Å². The Balaban J connectivity index is 1.41. The van der Waals surface area contributed by atoms with Crippen LogP contribution in [0.25, 0.3) is 22.6 Å². The fraction of sp³-hybridized carbons (Fsp3) is 0. The smallest absolute Gasteiger partial charge is 0.227 e. The number of rotatable bonds is 5. The summed E-state index contributed by atoms with van der Waals surface area (Å²) in [4.78, 5) is 4.49. The number of benzene rings is 3. The van der Waals surface area contributed by atoms with Crippen molar-refractivity contribution in [2.75, 3.05) is 5.43 Å². The number of fused-ring (bicyclic) bond motifs is 1. The molecule has 0 aliphatic rings. The Bertz CT molecular complexity index is 960. The van der Waals surface area contributed by atoms with E-state index in [0.29, 0.717) is 5.89 Å². The molecule has 0 bridgehead atoms. The predicted octanol–water partition coefficient (Wildman–Crippen LogP) is 5.11. The van der Waals surface area contributed by atoms with E-state index in [1.54, 1.807) is 0 Å². The molecular weight excluding hydrogens is 314 g/mol. The molecule has 0 spiro atoms. The zero-order valence-corrected chi connectivity index (χ0v) is 13.3. The molecule has 2 N–H and O–H groups in total. The van der Waals surface area contributed by atoms with Gasteiger partial charge in [-0.3, -0.25) is 5.43 Å². The van der Waals surface area contributed by atoms with Gasteiger partial charge in [-0.05, 0) is 48.5 Å². The van der Waals surface area contributed by atoms with E-state index in [9.17, 15) is 0 Å². The van der Waals surface area contributed by atoms with Crippen LogP contribution in [-0.2, 0) is 0 Å². The summed E-state index contributed by atoms with van der Waals surface area (Å²) >= 11 is 0. The maximum atomic E-state index is 5.76. The van der Waals surface area contributed by atoms with Crippen LogP contribution in [0.5, 0.6) is 0 Å². The van der Waals surface area contributed by atoms with E-state index < -0.39 is 0 Å². The SMILES string of the molecule is c1ccc(N=NNNc2ccc(-c3nc4ccccc4o3)cc2)cc1. The van der Waals surface area contributed by atoms with E-state index in [2.05, 4.69) is 26.3 Å². The van der Waals surface area contributed by atoms with E-state index in [4.69, 9.17) is 4.42 Å². The van der Waals surface area contributed by atoms with Crippen molar-refractivity contribution >= 4 is 22.5 Å². The highest BCUT2D eigenvalue weighted by atomic mass is 16.3. The highest BCUT2D eigenvalue weighted by Crippen LogP contribution is 2.25. The van der Waals surface area contributed by atoms with Gasteiger partial charge in [0.05, 0.1) is 11.4 Å². The average molecular weight is 329 g/mol. The Morgan fingerprint density at radius 1 is 0.800 bits per heavy atom. The maximum absolute atomic E-state index is 5.76. The van der Waals surface area contributed by atoms with Gasteiger partial charge in [-0.25, -0.2) is 10.5 Å². The lowest BCUT2D eigenvalue weighted by molar-refractivity contribution is 0.620. The molecule has 4 aromatic rings. The number of hydrazine groups is 1. The van der Waals surface area contributed by atoms with Gasteiger partial charge in [0.1, 0.15) is 5.52 Å². The fourth-order valence-corrected chi connectivity index (χ4v) is 2.36. The standard InChI is InChI=1S/C19H15N5O/c1-2-6-15(7-3-1)21-23-24-22-16-12-10-14(11-13-16)19-20-17-8-4-5-9-18(17)25-19/h1-13H,(H,21,24)(H,22,23). The zero-order valence-electron chi connectivity index (χ0n) is 13.3. The Kier molecular flexibility index (Phi) is 4.07. The normalized spacial score (nSPS) is 11.0. The van der Waals surface area contributed by atoms with Crippen molar-refractivity contribution < 1.29 is 4.42 Å². The average Bonchev–Trinajstić information content (AvgIpc) is 3.11. The second-order valence-corrected chi connectivity index (χ2v) is 5.34. The molecule has 122 valence electrons. The lowest BCUT2D eigenvalue weighted by atomic mass is 10.2. The Morgan fingerprint density at radius 3 is 2.36 bits per heavy atom. The third-order valence-electron chi connectivity index (χ3n) is 3.60. The molecule has 6 nitrogen and oxygen atoms in total. The molecule has 4 rings (SSSR count). The van der Waals surface area contributed by atoms with Gasteiger partial charge in [-0.2, -0.15) is 0 Å². The van der Waals surface area contributed by atoms with Gasteiger partial charge in [-0.15, -0.1) is 5.11 Å². The first-order chi connectivity index (χ1) is 12.4. The first-order valence-electron chi connectivity index (χ1n) is 7.81. The second kappa shape index (κ2) is 6.84. The van der Waals surface area contributed by atoms with Gasteiger partial charge in [0, 0.05) is 5.56 Å². The third kappa shape index (κ3) is 3.48. The Hall–Kier alpha value is -3.67. The van der Waals surface area contributed by atoms with Crippen LogP contribution in [0.2, 0.25) is 0 Å². The highest BCUT2D eigenvalue weighted by Gasteiger charge is 2.07. The van der Waals surface area contributed by atoms with E-state index in [-0.39, 0.29) is 0 Å². The number of anilines is 1. The van der Waals surface area contributed by atoms with Crippen LogP contribution in [0, 0.1) is 0 Å². The summed E-state index contributed by atoms with van der Waals surface area (Å²) in [5, 5.41) is 7.92. The summed E-state index contributed by atoms with van der Waals surface area (Å²) in [7, 11) is 0. The van der Waals surface area contributed by atoms with Crippen molar-refractivity contribution in [2.24, 2.45) is 10.3 Å². The molecule has 1 heterocycles. The van der Waals surface area contributed by atoms with Crippen molar-refractivity contribution in [1.29, 1.82) is 0 Å². The molecule has 3 aromatic carbocycles. The number of nitrogens with zero attached hydrogens (tertiary/aromatic N) is 3. The van der Waals surface area contributed by atoms with Crippen LogP contribution in [0.1, 0.15) is 0 Å². The number of oxazole rings is 1. The van der Waals surface area contributed by atoms with Gasteiger partial charge in [0.15, 0.2) is 5.58 Å². The molecule has 25 heavy (non-hydrogen) atoms. The van der Waals surface area contributed by atoms with Gasteiger partial charge < -0.3 is 4.42 Å². The molecule has 0 amide bonds. The molecule has 0 aliphatic heterocycles. The summed E-state index contributed by atoms with van der Waals surface area (Å²) in [6, 6.07) is 24.9. The molecule has 1 aromatic heterocycles. The summed E-state index contributed by atoms with van der Waals surface area (Å²) in [5.74, 6) is 0.601. The van der Waals surface area contributed by atoms with Crippen LogP contribution < -0.4 is 11.0 Å². The summed E-state index contributed by atoms with van der Waals surface area (Å²) in [5.41, 5.74) is 9.83. The Labute approximate surface area is 144 Å². The molecule has 0 radical (unpaired) electrons. The molecule has 0 aliphatic carbocycles. The summed E-state index contributed by atoms with van der Waals surface area (Å²) in [6.45, 7) is 0. The molecule has 6 heteroatoms. The molecule has 0 saturated heterocycles. The van der Waals surface area contributed by atoms with Crippen LogP contribution in [0.3, 0.4) is 0 Å². The lowest BCUT2D eigenvalue weighted by Gasteiger charge is -2.04. The molecule has 0 unspecified atom stereocenters. The highest BCUT2D eigenvalue weighted by molar-refractivity contribution is 5.76. The van der Waals surface area contributed by atoms with Gasteiger partial charge >= 0.3 is 0 Å². The molecule has 0 atom stereocenters. The van der Waals surface area contributed by atoms with Gasteiger partial charge in [0.2, 0.25) is 5.89 Å². The minimum absolute atomic E-state index is 0.601. The number of hydrogen-bond donors (Lipinski definition) is 2. The van der Waals surface area contributed by atoms with Crippen molar-refractivity contribution in [1.82, 2.24) is 10.5 Å². The van der Waals surface area contributed by atoms with Crippen molar-refractivity contribution in [3.8, 4) is 11.5 Å². The summed E-state index contributed by atoms with van der Waals surface area (Å²) < 4.78 is 5.76. The molecular formula is C19H15N5O. The lowest BCUT2D eigenvalue weighted by Crippen LogP contribution is -2.13. The predicted molar refractivity (Wildman–Crippen MR) is 97.2 cm³/mol. The molecule has 0 saturated carbocycles. The van der Waals surface area contributed by atoms with E-state index in [1.807, 2.05) is 78.9 Å². The van der Waals surface area contributed by atoms with E-state index in [1.165, 1.54) is 0 Å². The van der Waals surface area contributed by atoms with Crippen LogP contribution >= 0.6 is 0 Å². The third-order valence-corrected chi connectivity index (χ3v) is 3.60. The van der Waals surface area contributed by atoms with Crippen LogP contribution in [0.4, 0.5) is 11.4 Å². The number of aromatic nitrogens is 1. The van der Waals surface area contributed by atoms with E-state index in [0.717, 1.165) is 28.0 Å². The van der Waals surface area contributed by atoms with Crippen molar-refractivity contribution in [3.05, 3.63) is 78.9 Å². The minimum Gasteiger partial charge on any atom is -0.436 e. The van der Waals surface area contributed by atoms with Crippen molar-refractivity contribution in [3.63, 3.8) is 0 Å². The largest absolute Gasteiger partial charge is 0.436 e. The number of para-hydroxylation sites is 2. The van der Waals surface area contributed by atoms with Crippen molar-refractivity contribution in [2.45, 2.75) is 0 Å². The minimum atomic E-state index is 0.601. The first kappa shape index (κ1) is 14.9. The van der Waals surface area contributed by atoms with Crippen LogP contribution in [0.15, 0.2) is 93.6 Å². The Morgan fingerprint density at radius 2 is 1.56 bits per heavy atom. The second-order valence-electron chi connectivity index (χ2n) is 5.34. The number of hydrogen-bond acceptors (Lipinski definition) is 5. The quantitative estimate of drug-likeness (QED) is 0.394. The van der Waals surface area contributed by atoms with Gasteiger partial charge in [-0.1, -0.05) is 35.6 Å². The van der Waals surface area contributed by atoms with Crippen LogP contribution in [-0.4, -0.2) is 4.98 Å². The topological polar surface area (TPSA) is 74.8 Å². The monoisotopic (exact) mass is 329 g/mol. The fourth-order valence-electron chi connectivity index (χ4n) is 2.36. The molecule has 0 fully saturated rings. The number of nitrogens with one attached hydrogen (secondary N) is 2. The van der Waals surface area contributed by atoms with E-state index >= 15 is 0 Å².